The molecule has 2 aromatic heterocycles. The van der Waals surface area contributed by atoms with E-state index in [0.29, 0.717) is 43.6 Å². The fraction of sp³-hybridized carbons (Fsp3) is 0.400. The molecule has 2 aliphatic heterocycles. The van der Waals surface area contributed by atoms with Crippen LogP contribution in [0.1, 0.15) is 31.5 Å². The molecule has 2 fully saturated rings. The minimum Gasteiger partial charge on any atom is -0.379 e. The van der Waals surface area contributed by atoms with Crippen molar-refractivity contribution in [3.63, 3.8) is 0 Å². The predicted molar refractivity (Wildman–Crippen MR) is 131 cm³/mol. The number of carbonyl (C=O) groups excluding carboxylic acids is 1. The lowest BCUT2D eigenvalue weighted by Crippen LogP contribution is -2.38. The van der Waals surface area contributed by atoms with Gasteiger partial charge in [-0.15, -0.1) is 10.2 Å². The van der Waals surface area contributed by atoms with Crippen molar-refractivity contribution in [2.75, 3.05) is 49.2 Å². The van der Waals surface area contributed by atoms with Crippen molar-refractivity contribution >= 4 is 17.5 Å². The molecule has 10 nitrogen and oxygen atoms in total. The van der Waals surface area contributed by atoms with Crippen molar-refractivity contribution < 1.29 is 9.53 Å². The Morgan fingerprint density at radius 1 is 1.00 bits per heavy atom. The van der Waals surface area contributed by atoms with Crippen LogP contribution in [0.5, 0.6) is 0 Å². The van der Waals surface area contributed by atoms with Crippen LogP contribution < -0.4 is 9.80 Å². The van der Waals surface area contributed by atoms with E-state index in [2.05, 4.69) is 35.0 Å². The van der Waals surface area contributed by atoms with Gasteiger partial charge in [-0.2, -0.15) is 5.26 Å². The number of amides is 2. The summed E-state index contributed by atoms with van der Waals surface area (Å²) in [5.41, 5.74) is 2.40. The van der Waals surface area contributed by atoms with Crippen LogP contribution in [0.4, 0.5) is 16.3 Å². The smallest absolute Gasteiger partial charge is 0.330 e. The van der Waals surface area contributed by atoms with E-state index in [0.717, 1.165) is 24.3 Å². The van der Waals surface area contributed by atoms with Gasteiger partial charge >= 0.3 is 6.03 Å². The van der Waals surface area contributed by atoms with Crippen LogP contribution in [0.2, 0.25) is 0 Å². The van der Waals surface area contributed by atoms with Gasteiger partial charge < -0.3 is 9.30 Å². The molecule has 10 heteroatoms. The third-order valence-electron chi connectivity index (χ3n) is 6.43. The quantitative estimate of drug-likeness (QED) is 0.542. The summed E-state index contributed by atoms with van der Waals surface area (Å²) in [6.07, 6.45) is 1.69. The van der Waals surface area contributed by atoms with Gasteiger partial charge in [0.2, 0.25) is 0 Å². The molecule has 0 spiro atoms. The second kappa shape index (κ2) is 9.82. The fourth-order valence-corrected chi connectivity index (χ4v) is 4.53. The molecule has 180 valence electrons. The van der Waals surface area contributed by atoms with E-state index in [-0.39, 0.29) is 18.1 Å². The number of aromatic nitrogens is 4. The van der Waals surface area contributed by atoms with Crippen LogP contribution in [0, 0.1) is 11.3 Å². The standard InChI is InChI=1S/C25H28N8O2/c1-18(2)33-17-27-29-24(33)21-4-3-5-23(28-21)32-11-10-31(25(32)34)20-8-6-19(7-9-20)22(16-26)30-12-14-35-15-13-30/h3-9,17-18,22H,10-15H2,1-2H3. The van der Waals surface area contributed by atoms with Crippen LogP contribution in [-0.4, -0.2) is 70.1 Å². The van der Waals surface area contributed by atoms with Gasteiger partial charge in [-0.25, -0.2) is 9.78 Å². The van der Waals surface area contributed by atoms with Crippen LogP contribution in [0.3, 0.4) is 0 Å². The second-order valence-electron chi connectivity index (χ2n) is 8.89. The number of anilines is 2. The first-order valence-electron chi connectivity index (χ1n) is 11.8. The maximum Gasteiger partial charge on any atom is 0.330 e. The first-order valence-corrected chi connectivity index (χ1v) is 11.8. The van der Waals surface area contributed by atoms with Crippen molar-refractivity contribution in [2.45, 2.75) is 25.9 Å². The van der Waals surface area contributed by atoms with Crippen molar-refractivity contribution in [1.82, 2.24) is 24.6 Å². The predicted octanol–water partition coefficient (Wildman–Crippen LogP) is 3.26. The minimum atomic E-state index is -0.321. The molecule has 2 amide bonds. The van der Waals surface area contributed by atoms with Gasteiger partial charge in [0.05, 0.1) is 19.3 Å². The zero-order valence-corrected chi connectivity index (χ0v) is 19.9. The molecule has 5 rings (SSSR count). The molecule has 4 heterocycles. The highest BCUT2D eigenvalue weighted by Gasteiger charge is 2.32. The molecular weight excluding hydrogens is 444 g/mol. The molecule has 2 aliphatic rings. The van der Waals surface area contributed by atoms with Crippen molar-refractivity contribution in [3.05, 3.63) is 54.4 Å². The monoisotopic (exact) mass is 472 g/mol. The van der Waals surface area contributed by atoms with Gasteiger partial charge in [0.25, 0.3) is 0 Å². The Balaban J connectivity index is 1.33. The molecule has 1 unspecified atom stereocenters. The maximum atomic E-state index is 13.3. The van der Waals surface area contributed by atoms with E-state index in [1.807, 2.05) is 47.0 Å². The highest BCUT2D eigenvalue weighted by Crippen LogP contribution is 2.28. The third-order valence-corrected chi connectivity index (χ3v) is 6.43. The van der Waals surface area contributed by atoms with E-state index >= 15 is 0 Å². The van der Waals surface area contributed by atoms with Crippen LogP contribution >= 0.6 is 0 Å². The number of nitrogens with zero attached hydrogens (tertiary/aromatic N) is 8. The topological polar surface area (TPSA) is 103 Å². The number of carbonyl (C=O) groups is 1. The van der Waals surface area contributed by atoms with Gasteiger partial charge in [0.1, 0.15) is 23.9 Å². The summed E-state index contributed by atoms with van der Waals surface area (Å²) >= 11 is 0. The molecule has 0 bridgehead atoms. The summed E-state index contributed by atoms with van der Waals surface area (Å²) in [5, 5.41) is 18.0. The Hall–Kier alpha value is -3.81. The number of hydrogen-bond acceptors (Lipinski definition) is 7. The third kappa shape index (κ3) is 4.48. The molecule has 2 saturated heterocycles. The minimum absolute atomic E-state index is 0.127. The Bertz CT molecular complexity index is 1230. The van der Waals surface area contributed by atoms with Crippen molar-refractivity contribution in [1.29, 1.82) is 5.26 Å². The molecular formula is C25H28N8O2. The summed E-state index contributed by atoms with van der Waals surface area (Å²) in [5.74, 6) is 1.26. The molecule has 35 heavy (non-hydrogen) atoms. The zero-order valence-electron chi connectivity index (χ0n) is 19.9. The lowest BCUT2D eigenvalue weighted by atomic mass is 10.1. The summed E-state index contributed by atoms with van der Waals surface area (Å²) < 4.78 is 7.36. The molecule has 0 radical (unpaired) electrons. The first kappa shape index (κ1) is 23.0. The van der Waals surface area contributed by atoms with E-state index in [4.69, 9.17) is 9.72 Å². The molecule has 1 atom stereocenters. The fourth-order valence-electron chi connectivity index (χ4n) is 4.53. The number of nitriles is 1. The number of urea groups is 1. The number of hydrogen-bond donors (Lipinski definition) is 0. The summed E-state index contributed by atoms with van der Waals surface area (Å²) in [6.45, 7) is 7.95. The highest BCUT2D eigenvalue weighted by molar-refractivity contribution is 6.05. The SMILES string of the molecule is CC(C)n1cnnc1-c1cccc(N2CCN(c3ccc(C(C#N)N4CCOCC4)cc3)C2=O)n1. The van der Waals surface area contributed by atoms with Gasteiger partial charge in [-0.05, 0) is 43.7 Å². The highest BCUT2D eigenvalue weighted by atomic mass is 16.5. The molecule has 0 N–H and O–H groups in total. The van der Waals surface area contributed by atoms with Crippen LogP contribution in [0.25, 0.3) is 11.5 Å². The Labute approximate surface area is 204 Å². The Morgan fingerprint density at radius 2 is 1.74 bits per heavy atom. The van der Waals surface area contributed by atoms with Gasteiger partial charge in [0, 0.05) is 37.9 Å². The molecule has 0 saturated carbocycles. The summed E-state index contributed by atoms with van der Waals surface area (Å²) in [7, 11) is 0. The lowest BCUT2D eigenvalue weighted by Gasteiger charge is -2.30. The maximum absolute atomic E-state index is 13.3. The number of pyridine rings is 1. The van der Waals surface area contributed by atoms with Gasteiger partial charge in [-0.3, -0.25) is 14.7 Å². The molecule has 0 aliphatic carbocycles. The molecule has 3 aromatic rings. The average Bonchev–Trinajstić information content (AvgIpc) is 3.53. The van der Waals surface area contributed by atoms with Gasteiger partial charge in [0.15, 0.2) is 5.82 Å². The Morgan fingerprint density at radius 3 is 2.46 bits per heavy atom. The second-order valence-corrected chi connectivity index (χ2v) is 8.89. The van der Waals surface area contributed by atoms with Crippen molar-refractivity contribution in [2.24, 2.45) is 0 Å². The van der Waals surface area contributed by atoms with E-state index in [9.17, 15) is 10.1 Å². The van der Waals surface area contributed by atoms with Crippen LogP contribution in [0.15, 0.2) is 48.8 Å². The number of ether oxygens (including phenoxy) is 1. The normalized spacial score (nSPS) is 17.7. The Kier molecular flexibility index (Phi) is 6.44. The summed E-state index contributed by atoms with van der Waals surface area (Å²) in [6, 6.07) is 15.5. The van der Waals surface area contributed by atoms with E-state index in [1.54, 1.807) is 16.1 Å². The molecule has 1 aromatic carbocycles. The van der Waals surface area contributed by atoms with Crippen LogP contribution in [-0.2, 0) is 4.74 Å². The van der Waals surface area contributed by atoms with Crippen molar-refractivity contribution in [3.8, 4) is 17.6 Å². The van der Waals surface area contributed by atoms with E-state index in [1.165, 1.54) is 0 Å². The van der Waals surface area contributed by atoms with E-state index < -0.39 is 0 Å². The lowest BCUT2D eigenvalue weighted by molar-refractivity contribution is 0.0266. The number of rotatable bonds is 6. The number of benzene rings is 1. The first-order chi connectivity index (χ1) is 17.1. The largest absolute Gasteiger partial charge is 0.379 e. The van der Waals surface area contributed by atoms with Gasteiger partial charge in [-0.1, -0.05) is 18.2 Å². The average molecular weight is 473 g/mol. The summed E-state index contributed by atoms with van der Waals surface area (Å²) in [4.78, 5) is 23.6. The zero-order chi connectivity index (χ0) is 24.4. The number of morpholine rings is 1.